The molecular formula is C18H20BrN3O. The largest absolute Gasteiger partial charge is 0.352 e. The highest BCUT2D eigenvalue weighted by atomic mass is 79.9. The molecule has 120 valence electrons. The van der Waals surface area contributed by atoms with Crippen molar-refractivity contribution in [2.45, 2.75) is 19.5 Å². The average molecular weight is 374 g/mol. The lowest BCUT2D eigenvalue weighted by Crippen LogP contribution is -2.34. The Balaban J connectivity index is 1.66. The van der Waals surface area contributed by atoms with Crippen LogP contribution in [0.15, 0.2) is 53.0 Å². The van der Waals surface area contributed by atoms with Crippen LogP contribution >= 0.6 is 15.9 Å². The van der Waals surface area contributed by atoms with E-state index in [0.29, 0.717) is 13.1 Å². The Bertz CT molecular complexity index is 704. The zero-order valence-corrected chi connectivity index (χ0v) is 14.6. The smallest absolute Gasteiger partial charge is 0.226 e. The van der Waals surface area contributed by atoms with Crippen LogP contribution in [0.3, 0.4) is 0 Å². The Morgan fingerprint density at radius 3 is 2.87 bits per heavy atom. The summed E-state index contributed by atoms with van der Waals surface area (Å²) in [4.78, 5) is 12.6. The molecule has 3 N–H and O–H groups in total. The maximum absolute atomic E-state index is 12.6. The van der Waals surface area contributed by atoms with Crippen molar-refractivity contribution in [1.82, 2.24) is 16.2 Å². The van der Waals surface area contributed by atoms with Gasteiger partial charge in [0.05, 0.1) is 12.0 Å². The Kier molecular flexibility index (Phi) is 5.10. The predicted octanol–water partition coefficient (Wildman–Crippen LogP) is 2.84. The first kappa shape index (κ1) is 16.2. The molecule has 1 amide bonds. The molecule has 2 atom stereocenters. The minimum atomic E-state index is -0.121. The van der Waals surface area contributed by atoms with Crippen molar-refractivity contribution in [3.05, 3.63) is 69.7 Å². The zero-order valence-electron chi connectivity index (χ0n) is 13.0. The number of nitrogens with one attached hydrogen (secondary N) is 3. The van der Waals surface area contributed by atoms with E-state index in [1.807, 2.05) is 30.3 Å². The lowest BCUT2D eigenvalue weighted by Gasteiger charge is -2.19. The summed E-state index contributed by atoms with van der Waals surface area (Å²) in [6.07, 6.45) is 0. The summed E-state index contributed by atoms with van der Waals surface area (Å²) in [7, 11) is 0. The van der Waals surface area contributed by atoms with E-state index in [0.717, 1.165) is 15.6 Å². The lowest BCUT2D eigenvalue weighted by molar-refractivity contribution is -0.125. The average Bonchev–Trinajstić information content (AvgIpc) is 3.02. The predicted molar refractivity (Wildman–Crippen MR) is 94.5 cm³/mol. The summed E-state index contributed by atoms with van der Waals surface area (Å²) in [6.45, 7) is 3.23. The monoisotopic (exact) mass is 373 g/mol. The molecule has 0 bridgehead atoms. The molecule has 2 unspecified atom stereocenters. The number of benzene rings is 2. The van der Waals surface area contributed by atoms with E-state index in [2.05, 4.69) is 57.2 Å². The molecule has 3 rings (SSSR count). The molecule has 1 saturated heterocycles. The maximum atomic E-state index is 12.6. The van der Waals surface area contributed by atoms with Gasteiger partial charge in [0.2, 0.25) is 5.91 Å². The number of hydrogen-bond donors (Lipinski definition) is 3. The fourth-order valence-electron chi connectivity index (χ4n) is 2.89. The molecule has 1 aliphatic rings. The molecule has 1 heterocycles. The second-order valence-corrected chi connectivity index (χ2v) is 6.79. The topological polar surface area (TPSA) is 53.2 Å². The van der Waals surface area contributed by atoms with Crippen LogP contribution in [0.4, 0.5) is 0 Å². The number of amides is 1. The van der Waals surface area contributed by atoms with Gasteiger partial charge >= 0.3 is 0 Å². The zero-order chi connectivity index (χ0) is 16.2. The van der Waals surface area contributed by atoms with Crippen molar-refractivity contribution < 1.29 is 4.79 Å². The van der Waals surface area contributed by atoms with E-state index in [-0.39, 0.29) is 17.9 Å². The first-order valence-corrected chi connectivity index (χ1v) is 8.50. The molecule has 0 radical (unpaired) electrons. The summed E-state index contributed by atoms with van der Waals surface area (Å²) in [5, 5.41) is 3.04. The third-order valence-corrected chi connectivity index (χ3v) is 4.57. The quantitative estimate of drug-likeness (QED) is 0.772. The van der Waals surface area contributed by atoms with Crippen LogP contribution in [0.25, 0.3) is 0 Å². The SMILES string of the molecule is Cc1cccc(C2NNCC2C(=O)NCc2cccc(Br)c2)c1. The Morgan fingerprint density at radius 2 is 2.09 bits per heavy atom. The summed E-state index contributed by atoms with van der Waals surface area (Å²) in [6, 6.07) is 16.2. The van der Waals surface area contributed by atoms with Gasteiger partial charge in [0.25, 0.3) is 0 Å². The van der Waals surface area contributed by atoms with Crippen molar-refractivity contribution in [3.8, 4) is 0 Å². The van der Waals surface area contributed by atoms with Crippen LogP contribution in [-0.2, 0) is 11.3 Å². The molecule has 0 aromatic heterocycles. The van der Waals surface area contributed by atoms with Gasteiger partial charge in [-0.1, -0.05) is 57.9 Å². The highest BCUT2D eigenvalue weighted by Crippen LogP contribution is 2.25. The second kappa shape index (κ2) is 7.25. The third kappa shape index (κ3) is 3.99. The molecule has 1 aliphatic heterocycles. The number of rotatable bonds is 4. The fourth-order valence-corrected chi connectivity index (χ4v) is 3.33. The van der Waals surface area contributed by atoms with E-state index in [1.54, 1.807) is 0 Å². The maximum Gasteiger partial charge on any atom is 0.226 e. The van der Waals surface area contributed by atoms with E-state index in [4.69, 9.17) is 0 Å². The van der Waals surface area contributed by atoms with Gasteiger partial charge in [-0.2, -0.15) is 0 Å². The van der Waals surface area contributed by atoms with E-state index in [9.17, 15) is 4.79 Å². The molecular weight excluding hydrogens is 354 g/mol. The van der Waals surface area contributed by atoms with Crippen LogP contribution in [0, 0.1) is 12.8 Å². The number of halogens is 1. The van der Waals surface area contributed by atoms with Gasteiger partial charge < -0.3 is 5.32 Å². The number of hydrazine groups is 1. The molecule has 5 heteroatoms. The summed E-state index contributed by atoms with van der Waals surface area (Å²) >= 11 is 3.45. The molecule has 0 saturated carbocycles. The van der Waals surface area contributed by atoms with Gasteiger partial charge in [0.1, 0.15) is 0 Å². The molecule has 0 aliphatic carbocycles. The fraction of sp³-hybridized carbons (Fsp3) is 0.278. The first-order valence-electron chi connectivity index (χ1n) is 7.70. The van der Waals surface area contributed by atoms with Crippen LogP contribution in [0.5, 0.6) is 0 Å². The van der Waals surface area contributed by atoms with Crippen molar-refractivity contribution >= 4 is 21.8 Å². The molecule has 1 fully saturated rings. The van der Waals surface area contributed by atoms with Crippen molar-refractivity contribution in [2.24, 2.45) is 5.92 Å². The number of carbonyl (C=O) groups excluding carboxylic acids is 1. The summed E-state index contributed by atoms with van der Waals surface area (Å²) < 4.78 is 1.02. The van der Waals surface area contributed by atoms with Gasteiger partial charge in [-0.3, -0.25) is 10.2 Å². The molecule has 0 spiro atoms. The molecule has 2 aromatic rings. The standard InChI is InChI=1S/C18H20BrN3O/c1-12-4-2-6-14(8-12)17-16(11-21-22-17)18(23)20-10-13-5-3-7-15(19)9-13/h2-9,16-17,21-22H,10-11H2,1H3,(H,20,23). The van der Waals surface area contributed by atoms with Crippen LogP contribution in [-0.4, -0.2) is 12.5 Å². The van der Waals surface area contributed by atoms with Gasteiger partial charge in [-0.25, -0.2) is 5.43 Å². The van der Waals surface area contributed by atoms with Gasteiger partial charge in [0.15, 0.2) is 0 Å². The van der Waals surface area contributed by atoms with Crippen molar-refractivity contribution in [1.29, 1.82) is 0 Å². The van der Waals surface area contributed by atoms with E-state index < -0.39 is 0 Å². The van der Waals surface area contributed by atoms with Crippen LogP contribution < -0.4 is 16.2 Å². The normalized spacial score (nSPS) is 20.4. The highest BCUT2D eigenvalue weighted by molar-refractivity contribution is 9.10. The molecule has 2 aromatic carbocycles. The lowest BCUT2D eigenvalue weighted by atomic mass is 9.93. The van der Waals surface area contributed by atoms with Gasteiger partial charge in [-0.05, 0) is 30.2 Å². The minimum Gasteiger partial charge on any atom is -0.352 e. The summed E-state index contributed by atoms with van der Waals surface area (Å²) in [5.41, 5.74) is 9.75. The highest BCUT2D eigenvalue weighted by Gasteiger charge is 2.33. The number of carbonyl (C=O) groups is 1. The Morgan fingerprint density at radius 1 is 1.26 bits per heavy atom. The summed E-state index contributed by atoms with van der Waals surface area (Å²) in [5.74, 6) is -0.0575. The Hall–Kier alpha value is -1.69. The third-order valence-electron chi connectivity index (χ3n) is 4.08. The second-order valence-electron chi connectivity index (χ2n) is 5.87. The number of hydrogen-bond acceptors (Lipinski definition) is 3. The van der Waals surface area contributed by atoms with E-state index >= 15 is 0 Å². The first-order chi connectivity index (χ1) is 11.1. The van der Waals surface area contributed by atoms with E-state index in [1.165, 1.54) is 5.56 Å². The number of aryl methyl sites for hydroxylation is 1. The Labute approximate surface area is 144 Å². The van der Waals surface area contributed by atoms with Crippen molar-refractivity contribution in [3.63, 3.8) is 0 Å². The molecule has 4 nitrogen and oxygen atoms in total. The van der Waals surface area contributed by atoms with Crippen LogP contribution in [0.1, 0.15) is 22.7 Å². The van der Waals surface area contributed by atoms with Gasteiger partial charge in [-0.15, -0.1) is 0 Å². The van der Waals surface area contributed by atoms with Gasteiger partial charge in [0, 0.05) is 17.6 Å². The van der Waals surface area contributed by atoms with Crippen molar-refractivity contribution in [2.75, 3.05) is 6.54 Å². The molecule has 23 heavy (non-hydrogen) atoms. The van der Waals surface area contributed by atoms with Crippen LogP contribution in [0.2, 0.25) is 0 Å². The minimum absolute atomic E-state index is 0.00240.